The number of halogens is 1. The van der Waals surface area contributed by atoms with Crippen LogP contribution >= 0.6 is 11.6 Å². The first-order valence-corrected chi connectivity index (χ1v) is 25.2. The van der Waals surface area contributed by atoms with Crippen LogP contribution in [0.1, 0.15) is 86.3 Å². The molecule has 4 aliphatic rings. The van der Waals surface area contributed by atoms with Crippen LogP contribution < -0.4 is 25.4 Å². The van der Waals surface area contributed by atoms with E-state index in [1.165, 1.54) is 29.5 Å². The van der Waals surface area contributed by atoms with Gasteiger partial charge in [0.25, 0.3) is 21.6 Å². The lowest BCUT2D eigenvalue weighted by Crippen LogP contribution is -2.54. The van der Waals surface area contributed by atoms with Crippen LogP contribution in [-0.4, -0.2) is 96.8 Å². The number of nitro benzene ring substituents is 1. The molecule has 2 amide bonds. The zero-order chi connectivity index (χ0) is 47.0. The van der Waals surface area contributed by atoms with Crippen LogP contribution in [0.15, 0.2) is 84.0 Å². The number of anilines is 2. The predicted octanol–water partition coefficient (Wildman–Crippen LogP) is 8.04. The number of fused-ring (bicyclic) bond motifs is 2. The second-order valence-corrected chi connectivity index (χ2v) is 21.2. The number of sulfonamides is 1. The number of H-pyrrole nitrogens is 1. The Morgan fingerprint density at radius 1 is 1.01 bits per heavy atom. The average Bonchev–Trinajstić information content (AvgIpc) is 3.67. The van der Waals surface area contributed by atoms with Gasteiger partial charge in [0.2, 0.25) is 5.91 Å². The minimum absolute atomic E-state index is 0.00384. The summed E-state index contributed by atoms with van der Waals surface area (Å²) >= 11 is 6.66. The number of carbonyl (C=O) groups excluding carboxylic acids is 2. The van der Waals surface area contributed by atoms with Gasteiger partial charge >= 0.3 is 0 Å². The molecule has 3 aromatic carbocycles. The fourth-order valence-corrected chi connectivity index (χ4v) is 11.8. The van der Waals surface area contributed by atoms with Crippen molar-refractivity contribution in [2.45, 2.75) is 82.2 Å². The molecule has 1 saturated carbocycles. The molecule has 2 saturated heterocycles. The Morgan fingerprint density at radius 3 is 2.54 bits per heavy atom. The van der Waals surface area contributed by atoms with Gasteiger partial charge in [0.15, 0.2) is 0 Å². The molecule has 2 aliphatic carbocycles. The standard InChI is InChI=1S/C49H58ClN9O7S/c1-31(2)45(51)48(61)58-18-15-49(16-19-58)27-32(28-49)29-53-41-13-11-36(26-43(41)59(62)63)67(64,65)55-47(60)39-12-10-34(25-44(39)66-35-24-33-14-17-52-46(33)54-30-35)56-20-22-57(23-21-56)42-9-4-3-6-37-38(42)7-5-8-40(37)50/h5,7-8,10-14,17,24-26,30-32,42,45,53H,3-4,6,9,15-16,18-23,27-29,51H2,1-2H3,(H,52,54)(H,55,60)/t42-,45?/m1/s1. The predicted molar refractivity (Wildman–Crippen MR) is 258 cm³/mol. The van der Waals surface area contributed by atoms with Crippen LogP contribution in [0.4, 0.5) is 17.1 Å². The SMILES string of the molecule is CC(C)C(N)C(=O)N1CCC2(CC1)CC(CNc1ccc(S(=O)(=O)NC(=O)c3ccc(N4CCN([C@@H]5CCCCc6c(Cl)cccc65)CC4)cc3Oc3cnc4[nH]ccc4c3)cc1[N+](=O)[O-])C2. The lowest BCUT2D eigenvalue weighted by Gasteiger charge is -2.52. The summed E-state index contributed by atoms with van der Waals surface area (Å²) in [6, 6.07) is 18.3. The summed E-state index contributed by atoms with van der Waals surface area (Å²) in [5.41, 5.74) is 9.98. The third-order valence-corrected chi connectivity index (χ3v) is 16.2. The molecular weight excluding hydrogens is 894 g/mol. The molecule has 67 heavy (non-hydrogen) atoms. The van der Waals surface area contributed by atoms with Crippen molar-refractivity contribution >= 4 is 61.5 Å². The molecule has 5 N–H and O–H groups in total. The number of aromatic amines is 1. The summed E-state index contributed by atoms with van der Waals surface area (Å²) < 4.78 is 36.1. The number of likely N-dealkylation sites (tertiary alicyclic amines) is 1. The van der Waals surface area contributed by atoms with E-state index in [4.69, 9.17) is 22.1 Å². The second kappa shape index (κ2) is 19.1. The Kier molecular flexibility index (Phi) is 13.2. The van der Waals surface area contributed by atoms with Crippen molar-refractivity contribution in [1.82, 2.24) is 24.5 Å². The van der Waals surface area contributed by atoms with Gasteiger partial charge in [0.1, 0.15) is 22.8 Å². The summed E-state index contributed by atoms with van der Waals surface area (Å²) in [4.78, 5) is 52.1. The molecule has 1 spiro atoms. The van der Waals surface area contributed by atoms with Crippen molar-refractivity contribution in [1.29, 1.82) is 0 Å². The molecular formula is C49H58ClN9O7S. The molecule has 354 valence electrons. The molecule has 4 heterocycles. The van der Waals surface area contributed by atoms with E-state index in [1.807, 2.05) is 36.9 Å². The van der Waals surface area contributed by atoms with Crippen LogP contribution in [0.5, 0.6) is 11.5 Å². The van der Waals surface area contributed by atoms with E-state index >= 15 is 0 Å². The van der Waals surface area contributed by atoms with E-state index < -0.39 is 37.5 Å². The summed E-state index contributed by atoms with van der Waals surface area (Å²) in [7, 11) is -4.59. The Balaban J connectivity index is 0.873. The van der Waals surface area contributed by atoms with Crippen LogP contribution in [0, 0.1) is 27.4 Å². The summed E-state index contributed by atoms with van der Waals surface area (Å²) in [6.07, 6.45) is 11.2. The Labute approximate surface area is 395 Å². The number of ether oxygens (including phenoxy) is 1. The van der Waals surface area contributed by atoms with Crippen molar-refractivity contribution in [3.63, 3.8) is 0 Å². The lowest BCUT2D eigenvalue weighted by atomic mass is 9.57. The Hall–Kier alpha value is -5.75. The topological polar surface area (TPSA) is 209 Å². The maximum atomic E-state index is 14.0. The summed E-state index contributed by atoms with van der Waals surface area (Å²) in [6.45, 7) is 8.74. The molecule has 18 heteroatoms. The molecule has 2 aromatic heterocycles. The number of piperazine rings is 1. The number of benzene rings is 3. The van der Waals surface area contributed by atoms with Crippen molar-refractivity contribution < 1.29 is 27.7 Å². The molecule has 2 atom stereocenters. The molecule has 16 nitrogen and oxygen atoms in total. The van der Waals surface area contributed by atoms with Crippen molar-refractivity contribution in [2.75, 3.05) is 56.0 Å². The average molecular weight is 953 g/mol. The number of carbonyl (C=O) groups is 2. The summed E-state index contributed by atoms with van der Waals surface area (Å²) in [5, 5.41) is 17.1. The van der Waals surface area contributed by atoms with Crippen LogP contribution in [0.3, 0.4) is 0 Å². The van der Waals surface area contributed by atoms with Crippen LogP contribution in [-0.2, 0) is 21.2 Å². The molecule has 0 radical (unpaired) electrons. The van der Waals surface area contributed by atoms with Crippen molar-refractivity contribution in [3.8, 4) is 11.5 Å². The number of nitrogens with two attached hydrogens (primary N) is 1. The minimum Gasteiger partial charge on any atom is -0.455 e. The fraction of sp³-hybridized carbons (Fsp3) is 0.449. The largest absolute Gasteiger partial charge is 0.455 e. The lowest BCUT2D eigenvalue weighted by molar-refractivity contribution is -0.384. The van der Waals surface area contributed by atoms with E-state index in [-0.39, 0.29) is 46.2 Å². The van der Waals surface area contributed by atoms with Crippen molar-refractivity contribution in [2.24, 2.45) is 23.0 Å². The van der Waals surface area contributed by atoms with Crippen LogP contribution in [0.25, 0.3) is 11.0 Å². The number of aromatic nitrogens is 2. The van der Waals surface area contributed by atoms with Gasteiger partial charge in [-0.2, -0.15) is 0 Å². The summed E-state index contributed by atoms with van der Waals surface area (Å²) in [5.74, 6) is -0.168. The highest BCUT2D eigenvalue weighted by Gasteiger charge is 2.46. The number of piperidine rings is 1. The van der Waals surface area contributed by atoms with Gasteiger partial charge in [0, 0.05) is 86.3 Å². The number of nitro groups is 1. The van der Waals surface area contributed by atoms with E-state index in [0.717, 1.165) is 86.6 Å². The maximum absolute atomic E-state index is 14.0. The number of amides is 2. The van der Waals surface area contributed by atoms with Gasteiger partial charge in [-0.05, 0) is 116 Å². The number of hydrogen-bond acceptors (Lipinski definition) is 12. The number of hydrogen-bond donors (Lipinski definition) is 4. The maximum Gasteiger partial charge on any atom is 0.293 e. The van der Waals surface area contributed by atoms with Gasteiger partial charge < -0.3 is 30.6 Å². The molecule has 5 aromatic rings. The highest BCUT2D eigenvalue weighted by molar-refractivity contribution is 7.90. The number of pyridine rings is 1. The van der Waals surface area contributed by atoms with E-state index in [9.17, 15) is 28.1 Å². The van der Waals surface area contributed by atoms with Crippen LogP contribution in [0.2, 0.25) is 5.02 Å². The highest BCUT2D eigenvalue weighted by atomic mass is 35.5. The van der Waals surface area contributed by atoms with Gasteiger partial charge in [-0.3, -0.25) is 24.6 Å². The van der Waals surface area contributed by atoms with Gasteiger partial charge in [-0.25, -0.2) is 18.1 Å². The molecule has 3 fully saturated rings. The highest BCUT2D eigenvalue weighted by Crippen LogP contribution is 2.53. The van der Waals surface area contributed by atoms with E-state index in [2.05, 4.69) is 35.9 Å². The number of nitrogens with zero attached hydrogens (tertiary/aromatic N) is 5. The minimum atomic E-state index is -4.59. The Bertz CT molecular complexity index is 2780. The normalized spacial score (nSPS) is 19.4. The molecule has 1 unspecified atom stereocenters. The van der Waals surface area contributed by atoms with E-state index in [0.29, 0.717) is 44.1 Å². The second-order valence-electron chi connectivity index (χ2n) is 19.1. The van der Waals surface area contributed by atoms with Gasteiger partial charge in [0.05, 0.1) is 27.6 Å². The third kappa shape index (κ3) is 9.82. The van der Waals surface area contributed by atoms with Crippen molar-refractivity contribution in [3.05, 3.63) is 111 Å². The first-order chi connectivity index (χ1) is 32.2. The molecule has 0 bridgehead atoms. The van der Waals surface area contributed by atoms with E-state index in [1.54, 1.807) is 30.5 Å². The smallest absolute Gasteiger partial charge is 0.293 e. The Morgan fingerprint density at radius 2 is 1.79 bits per heavy atom. The number of nitrogens with one attached hydrogen (secondary N) is 3. The molecule has 9 rings (SSSR count). The zero-order valence-electron chi connectivity index (χ0n) is 37.9. The third-order valence-electron chi connectivity index (χ3n) is 14.5. The quantitative estimate of drug-likeness (QED) is 0.0502. The fourth-order valence-electron chi connectivity index (χ4n) is 10.6. The van der Waals surface area contributed by atoms with Gasteiger partial charge in [-0.1, -0.05) is 44.0 Å². The first-order valence-electron chi connectivity index (χ1n) is 23.3. The van der Waals surface area contributed by atoms with Gasteiger partial charge in [-0.15, -0.1) is 0 Å². The first kappa shape index (κ1) is 46.4. The monoisotopic (exact) mass is 951 g/mol. The number of rotatable bonds is 13. The molecule has 2 aliphatic heterocycles. The zero-order valence-corrected chi connectivity index (χ0v) is 39.5.